The van der Waals surface area contributed by atoms with Crippen molar-refractivity contribution in [1.29, 1.82) is 0 Å². The Bertz CT molecular complexity index is 948. The molecule has 0 fully saturated rings. The number of nitrogens with one attached hydrogen (secondary N) is 3. The summed E-state index contributed by atoms with van der Waals surface area (Å²) in [6.45, 7) is 1.15. The molecule has 0 radical (unpaired) electrons. The van der Waals surface area contributed by atoms with Crippen molar-refractivity contribution in [3.8, 4) is 0 Å². The fourth-order valence-electron chi connectivity index (χ4n) is 2.64. The number of thiophene rings is 1. The number of carbonyl (C=O) groups is 3. The fraction of sp³-hybridized carbons (Fsp3) is 0.150. The van der Waals surface area contributed by atoms with E-state index in [1.165, 1.54) is 24.5 Å². The molecule has 8 nitrogen and oxygen atoms in total. The Morgan fingerprint density at radius 1 is 1.00 bits per heavy atom. The molecule has 0 bridgehead atoms. The largest absolute Gasteiger partial charge is 0.466 e. The van der Waals surface area contributed by atoms with E-state index >= 15 is 0 Å². The van der Waals surface area contributed by atoms with Gasteiger partial charge >= 0.3 is 11.8 Å². The number of amides is 3. The van der Waals surface area contributed by atoms with Crippen molar-refractivity contribution in [2.24, 2.45) is 0 Å². The molecule has 3 rings (SSSR count). The van der Waals surface area contributed by atoms with Crippen LogP contribution in [0.15, 0.2) is 64.6 Å². The first-order chi connectivity index (χ1) is 13.9. The SMILES string of the molecule is CC(=O)Nc1ccc(NC(=O)C(=O)NCC(O)(c2ccco2)c2cccs2)cc1. The van der Waals surface area contributed by atoms with Crippen molar-refractivity contribution in [3.63, 3.8) is 0 Å². The van der Waals surface area contributed by atoms with Crippen molar-refractivity contribution >= 4 is 40.4 Å². The van der Waals surface area contributed by atoms with E-state index in [1.807, 2.05) is 0 Å². The van der Waals surface area contributed by atoms with E-state index < -0.39 is 17.4 Å². The second kappa shape index (κ2) is 8.72. The molecule has 9 heteroatoms. The van der Waals surface area contributed by atoms with Crippen molar-refractivity contribution in [2.45, 2.75) is 12.5 Å². The monoisotopic (exact) mass is 413 g/mol. The van der Waals surface area contributed by atoms with Crippen molar-refractivity contribution in [3.05, 3.63) is 70.8 Å². The van der Waals surface area contributed by atoms with Gasteiger partial charge < -0.3 is 25.5 Å². The highest BCUT2D eigenvalue weighted by Crippen LogP contribution is 2.32. The molecule has 1 unspecified atom stereocenters. The molecule has 3 amide bonds. The average molecular weight is 413 g/mol. The Hall–Kier alpha value is -3.43. The van der Waals surface area contributed by atoms with Crippen LogP contribution in [0.1, 0.15) is 17.6 Å². The quantitative estimate of drug-likeness (QED) is 0.462. The lowest BCUT2D eigenvalue weighted by Gasteiger charge is -2.25. The summed E-state index contributed by atoms with van der Waals surface area (Å²) in [6, 6.07) is 13.0. The van der Waals surface area contributed by atoms with Crippen molar-refractivity contribution in [1.82, 2.24) is 5.32 Å². The molecule has 3 aromatic rings. The summed E-state index contributed by atoms with van der Waals surface area (Å²) < 4.78 is 5.32. The fourth-order valence-corrected chi connectivity index (χ4v) is 3.47. The first-order valence-corrected chi connectivity index (χ1v) is 9.53. The normalized spacial score (nSPS) is 12.6. The first-order valence-electron chi connectivity index (χ1n) is 8.65. The lowest BCUT2D eigenvalue weighted by molar-refractivity contribution is -0.136. The van der Waals surface area contributed by atoms with Gasteiger partial charge in [0.15, 0.2) is 5.60 Å². The number of hydrogen-bond donors (Lipinski definition) is 4. The minimum absolute atomic E-state index is 0.212. The summed E-state index contributed by atoms with van der Waals surface area (Å²) in [5.41, 5.74) is -0.633. The zero-order chi connectivity index (χ0) is 20.9. The molecular weight excluding hydrogens is 394 g/mol. The first kappa shape index (κ1) is 20.3. The molecule has 150 valence electrons. The summed E-state index contributed by atoms with van der Waals surface area (Å²) in [5, 5.41) is 20.4. The van der Waals surface area contributed by atoms with E-state index in [1.54, 1.807) is 53.9 Å². The second-order valence-corrected chi connectivity index (χ2v) is 7.16. The van der Waals surface area contributed by atoms with Crippen LogP contribution >= 0.6 is 11.3 Å². The Morgan fingerprint density at radius 3 is 2.24 bits per heavy atom. The topological polar surface area (TPSA) is 121 Å². The number of rotatable bonds is 6. The van der Waals surface area contributed by atoms with Gasteiger partial charge in [-0.1, -0.05) is 6.07 Å². The van der Waals surface area contributed by atoms with E-state index in [2.05, 4.69) is 16.0 Å². The lowest BCUT2D eigenvalue weighted by atomic mass is 9.98. The van der Waals surface area contributed by atoms with Crippen LogP contribution in [0.25, 0.3) is 0 Å². The highest BCUT2D eigenvalue weighted by atomic mass is 32.1. The summed E-state index contributed by atoms with van der Waals surface area (Å²) in [4.78, 5) is 36.0. The highest BCUT2D eigenvalue weighted by Gasteiger charge is 2.36. The molecular formula is C20H19N3O5S. The lowest BCUT2D eigenvalue weighted by Crippen LogP contribution is -2.44. The van der Waals surface area contributed by atoms with Crippen LogP contribution in [0.4, 0.5) is 11.4 Å². The molecule has 1 aromatic carbocycles. The van der Waals surface area contributed by atoms with Crippen LogP contribution < -0.4 is 16.0 Å². The zero-order valence-electron chi connectivity index (χ0n) is 15.5. The summed E-state index contributed by atoms with van der Waals surface area (Å²) in [6.07, 6.45) is 1.42. The van der Waals surface area contributed by atoms with Gasteiger partial charge in [0, 0.05) is 23.2 Å². The average Bonchev–Trinajstić information content (AvgIpc) is 3.41. The number of furan rings is 1. The third-order valence-electron chi connectivity index (χ3n) is 4.03. The molecule has 0 aliphatic carbocycles. The standard InChI is InChI=1S/C20H19N3O5S/c1-13(24)22-14-6-8-15(9-7-14)23-19(26)18(25)21-12-20(27,16-4-2-10-28-16)17-5-3-11-29-17/h2-11,27H,12H2,1H3,(H,21,25)(H,22,24)(H,23,26). The molecule has 0 aliphatic rings. The van der Waals surface area contributed by atoms with Crippen LogP contribution in [-0.2, 0) is 20.0 Å². The Labute approximate surface area is 170 Å². The molecule has 2 heterocycles. The molecule has 1 atom stereocenters. The predicted molar refractivity (Wildman–Crippen MR) is 108 cm³/mol. The van der Waals surface area contributed by atoms with Crippen molar-refractivity contribution in [2.75, 3.05) is 17.2 Å². The van der Waals surface area contributed by atoms with E-state index in [9.17, 15) is 19.5 Å². The third kappa shape index (κ3) is 4.89. The van der Waals surface area contributed by atoms with E-state index in [-0.39, 0.29) is 18.2 Å². The number of hydrogen-bond acceptors (Lipinski definition) is 6. The molecule has 2 aromatic heterocycles. The van der Waals surface area contributed by atoms with Gasteiger partial charge in [-0.25, -0.2) is 0 Å². The van der Waals surface area contributed by atoms with Gasteiger partial charge in [0.05, 0.1) is 12.8 Å². The molecule has 0 saturated heterocycles. The maximum atomic E-state index is 12.2. The smallest absolute Gasteiger partial charge is 0.313 e. The molecule has 0 aliphatic heterocycles. The minimum Gasteiger partial charge on any atom is -0.466 e. The van der Waals surface area contributed by atoms with E-state index in [0.29, 0.717) is 16.3 Å². The predicted octanol–water partition coefficient (Wildman–Crippen LogP) is 2.29. The molecule has 29 heavy (non-hydrogen) atoms. The highest BCUT2D eigenvalue weighted by molar-refractivity contribution is 7.10. The maximum Gasteiger partial charge on any atom is 0.313 e. The molecule has 0 saturated carbocycles. The molecule has 4 N–H and O–H groups in total. The minimum atomic E-state index is -1.59. The van der Waals surface area contributed by atoms with Gasteiger partial charge in [-0.2, -0.15) is 0 Å². The molecule has 0 spiro atoms. The van der Waals surface area contributed by atoms with Crippen LogP contribution in [0.5, 0.6) is 0 Å². The van der Waals surface area contributed by atoms with Crippen LogP contribution in [-0.4, -0.2) is 29.4 Å². The van der Waals surface area contributed by atoms with Crippen LogP contribution in [0.2, 0.25) is 0 Å². The van der Waals surface area contributed by atoms with Crippen LogP contribution in [0, 0.1) is 0 Å². The summed E-state index contributed by atoms with van der Waals surface area (Å²) in [5.74, 6) is -1.74. The van der Waals surface area contributed by atoms with E-state index in [0.717, 1.165) is 0 Å². The van der Waals surface area contributed by atoms with E-state index in [4.69, 9.17) is 4.42 Å². The van der Waals surface area contributed by atoms with Crippen molar-refractivity contribution < 1.29 is 23.9 Å². The number of carbonyl (C=O) groups excluding carboxylic acids is 3. The number of benzene rings is 1. The van der Waals surface area contributed by atoms with Gasteiger partial charge in [0.2, 0.25) is 5.91 Å². The van der Waals surface area contributed by atoms with Gasteiger partial charge in [-0.3, -0.25) is 14.4 Å². The Morgan fingerprint density at radius 2 is 1.69 bits per heavy atom. The van der Waals surface area contributed by atoms with Gasteiger partial charge in [0.1, 0.15) is 5.76 Å². The van der Waals surface area contributed by atoms with Gasteiger partial charge in [0.25, 0.3) is 0 Å². The maximum absolute atomic E-state index is 12.2. The third-order valence-corrected chi connectivity index (χ3v) is 5.05. The Kier molecular flexibility index (Phi) is 6.10. The number of anilines is 2. The van der Waals surface area contributed by atoms with Crippen LogP contribution in [0.3, 0.4) is 0 Å². The second-order valence-electron chi connectivity index (χ2n) is 6.21. The zero-order valence-corrected chi connectivity index (χ0v) is 16.3. The summed E-state index contributed by atoms with van der Waals surface area (Å²) >= 11 is 1.30. The van der Waals surface area contributed by atoms with Gasteiger partial charge in [-0.15, -0.1) is 11.3 Å². The Balaban J connectivity index is 1.63. The number of aliphatic hydroxyl groups is 1. The van der Waals surface area contributed by atoms with Gasteiger partial charge in [-0.05, 0) is 47.8 Å². The summed E-state index contributed by atoms with van der Waals surface area (Å²) in [7, 11) is 0.